The molecular weight excluding hydrogens is 244 g/mol. The predicted molar refractivity (Wildman–Crippen MR) is 85.9 cm³/mol. The van der Waals surface area contributed by atoms with Gasteiger partial charge in [-0.1, -0.05) is 32.1 Å². The SMILES string of the molecule is C[C@@H](NC1CCCC1C1CCCN1)C1CCCCCC1. The molecule has 0 bridgehead atoms. The lowest BCUT2D eigenvalue weighted by molar-refractivity contribution is 0.255. The van der Waals surface area contributed by atoms with E-state index in [2.05, 4.69) is 17.6 Å². The van der Waals surface area contributed by atoms with Crippen molar-refractivity contribution in [3.05, 3.63) is 0 Å². The lowest BCUT2D eigenvalue weighted by atomic mass is 9.89. The molecule has 1 heterocycles. The minimum atomic E-state index is 0.736. The van der Waals surface area contributed by atoms with Gasteiger partial charge in [0, 0.05) is 18.1 Å². The second kappa shape index (κ2) is 7.26. The van der Waals surface area contributed by atoms with Gasteiger partial charge in [-0.3, -0.25) is 0 Å². The van der Waals surface area contributed by atoms with E-state index in [9.17, 15) is 0 Å². The molecule has 0 amide bonds. The average molecular weight is 278 g/mol. The summed E-state index contributed by atoms with van der Waals surface area (Å²) in [5.41, 5.74) is 0. The molecule has 0 aromatic heterocycles. The van der Waals surface area contributed by atoms with Gasteiger partial charge in [-0.2, -0.15) is 0 Å². The molecule has 3 rings (SSSR count). The van der Waals surface area contributed by atoms with Gasteiger partial charge in [-0.05, 0) is 63.8 Å². The largest absolute Gasteiger partial charge is 0.314 e. The first-order valence-electron chi connectivity index (χ1n) is 9.34. The Labute approximate surface area is 125 Å². The van der Waals surface area contributed by atoms with Crippen LogP contribution in [-0.2, 0) is 0 Å². The number of hydrogen-bond donors (Lipinski definition) is 2. The summed E-state index contributed by atoms with van der Waals surface area (Å²) >= 11 is 0. The highest BCUT2D eigenvalue weighted by atomic mass is 15.0. The van der Waals surface area contributed by atoms with Crippen molar-refractivity contribution >= 4 is 0 Å². The Bertz CT molecular complexity index is 277. The smallest absolute Gasteiger partial charge is 0.0113 e. The summed E-state index contributed by atoms with van der Waals surface area (Å²) in [5.74, 6) is 1.85. The normalized spacial score (nSPS) is 38.0. The number of rotatable bonds is 4. The Balaban J connectivity index is 1.52. The van der Waals surface area contributed by atoms with Gasteiger partial charge in [0.05, 0.1) is 0 Å². The molecule has 0 aromatic rings. The minimum Gasteiger partial charge on any atom is -0.314 e. The molecule has 4 atom stereocenters. The molecule has 2 nitrogen and oxygen atoms in total. The summed E-state index contributed by atoms with van der Waals surface area (Å²) in [6.07, 6.45) is 15.9. The van der Waals surface area contributed by atoms with Gasteiger partial charge < -0.3 is 10.6 Å². The van der Waals surface area contributed by atoms with Crippen LogP contribution >= 0.6 is 0 Å². The Morgan fingerprint density at radius 3 is 2.35 bits per heavy atom. The molecule has 3 unspecified atom stereocenters. The molecule has 0 radical (unpaired) electrons. The van der Waals surface area contributed by atoms with Gasteiger partial charge in [-0.25, -0.2) is 0 Å². The highest BCUT2D eigenvalue weighted by Crippen LogP contribution is 2.33. The molecular formula is C18H34N2. The van der Waals surface area contributed by atoms with Gasteiger partial charge in [0.15, 0.2) is 0 Å². The minimum absolute atomic E-state index is 0.736. The van der Waals surface area contributed by atoms with Crippen LogP contribution < -0.4 is 10.6 Å². The fraction of sp³-hybridized carbons (Fsp3) is 1.00. The maximum absolute atomic E-state index is 4.06. The summed E-state index contributed by atoms with van der Waals surface area (Å²) < 4.78 is 0. The summed E-state index contributed by atoms with van der Waals surface area (Å²) in [7, 11) is 0. The van der Waals surface area contributed by atoms with E-state index in [-0.39, 0.29) is 0 Å². The maximum Gasteiger partial charge on any atom is 0.0113 e. The van der Waals surface area contributed by atoms with Crippen molar-refractivity contribution in [3.63, 3.8) is 0 Å². The monoisotopic (exact) mass is 278 g/mol. The van der Waals surface area contributed by atoms with Crippen molar-refractivity contribution in [1.29, 1.82) is 0 Å². The average Bonchev–Trinajstić information content (AvgIpc) is 3.04. The van der Waals surface area contributed by atoms with Crippen LogP contribution in [0.2, 0.25) is 0 Å². The third-order valence-electron chi connectivity index (χ3n) is 6.27. The molecule has 0 spiro atoms. The van der Waals surface area contributed by atoms with Crippen molar-refractivity contribution in [3.8, 4) is 0 Å². The Kier molecular flexibility index (Phi) is 5.39. The van der Waals surface area contributed by atoms with E-state index < -0.39 is 0 Å². The third kappa shape index (κ3) is 3.57. The lowest BCUT2D eigenvalue weighted by Crippen LogP contribution is -2.47. The lowest BCUT2D eigenvalue weighted by Gasteiger charge is -2.32. The first-order chi connectivity index (χ1) is 9.84. The van der Waals surface area contributed by atoms with E-state index in [1.165, 1.54) is 77.2 Å². The van der Waals surface area contributed by atoms with Crippen molar-refractivity contribution in [2.75, 3.05) is 6.54 Å². The third-order valence-corrected chi connectivity index (χ3v) is 6.27. The number of nitrogens with one attached hydrogen (secondary N) is 2. The molecule has 3 fully saturated rings. The van der Waals surface area contributed by atoms with E-state index in [0.29, 0.717) is 0 Å². The van der Waals surface area contributed by atoms with E-state index >= 15 is 0 Å². The molecule has 20 heavy (non-hydrogen) atoms. The zero-order chi connectivity index (χ0) is 13.8. The van der Waals surface area contributed by atoms with E-state index in [1.807, 2.05) is 0 Å². The highest BCUT2D eigenvalue weighted by molar-refractivity contribution is 4.94. The van der Waals surface area contributed by atoms with Gasteiger partial charge in [0.25, 0.3) is 0 Å². The second-order valence-corrected chi connectivity index (χ2v) is 7.61. The summed E-state index contributed by atoms with van der Waals surface area (Å²) in [6, 6.07) is 2.35. The Hall–Kier alpha value is -0.0800. The van der Waals surface area contributed by atoms with Crippen LogP contribution in [0.5, 0.6) is 0 Å². The maximum atomic E-state index is 4.06. The first kappa shape index (κ1) is 14.8. The quantitative estimate of drug-likeness (QED) is 0.763. The molecule has 116 valence electrons. The zero-order valence-electron chi connectivity index (χ0n) is 13.4. The second-order valence-electron chi connectivity index (χ2n) is 7.61. The van der Waals surface area contributed by atoms with Gasteiger partial charge >= 0.3 is 0 Å². The van der Waals surface area contributed by atoms with Crippen molar-refractivity contribution < 1.29 is 0 Å². The summed E-state index contributed by atoms with van der Waals surface area (Å²) in [6.45, 7) is 3.72. The zero-order valence-corrected chi connectivity index (χ0v) is 13.4. The molecule has 1 aliphatic heterocycles. The topological polar surface area (TPSA) is 24.1 Å². The van der Waals surface area contributed by atoms with Gasteiger partial charge in [0.2, 0.25) is 0 Å². The molecule has 2 N–H and O–H groups in total. The van der Waals surface area contributed by atoms with Crippen LogP contribution in [0.1, 0.15) is 77.6 Å². The van der Waals surface area contributed by atoms with Crippen molar-refractivity contribution in [2.24, 2.45) is 11.8 Å². The van der Waals surface area contributed by atoms with Crippen LogP contribution in [-0.4, -0.2) is 24.7 Å². The van der Waals surface area contributed by atoms with Crippen molar-refractivity contribution in [2.45, 2.75) is 95.7 Å². The van der Waals surface area contributed by atoms with Crippen LogP contribution in [0.4, 0.5) is 0 Å². The standard InChI is InChI=1S/C18H34N2/c1-14(15-8-4-2-3-5-9-15)20-18-11-6-10-16(18)17-12-7-13-19-17/h14-20H,2-13H2,1H3/t14-,16?,17?,18?/m1/s1. The molecule has 0 aromatic carbocycles. The number of hydrogen-bond acceptors (Lipinski definition) is 2. The molecule has 2 heteroatoms. The Morgan fingerprint density at radius 2 is 1.65 bits per heavy atom. The van der Waals surface area contributed by atoms with E-state index in [1.54, 1.807) is 0 Å². The molecule has 2 saturated carbocycles. The molecule has 2 aliphatic carbocycles. The Morgan fingerprint density at radius 1 is 0.850 bits per heavy atom. The van der Waals surface area contributed by atoms with Gasteiger partial charge in [0.1, 0.15) is 0 Å². The summed E-state index contributed by atoms with van der Waals surface area (Å²) in [5, 5.41) is 7.81. The van der Waals surface area contributed by atoms with E-state index in [4.69, 9.17) is 0 Å². The fourth-order valence-electron chi connectivity index (χ4n) is 5.04. The summed E-state index contributed by atoms with van der Waals surface area (Å²) in [4.78, 5) is 0. The van der Waals surface area contributed by atoms with Crippen LogP contribution in [0, 0.1) is 11.8 Å². The fourth-order valence-corrected chi connectivity index (χ4v) is 5.04. The van der Waals surface area contributed by atoms with Crippen LogP contribution in [0.3, 0.4) is 0 Å². The van der Waals surface area contributed by atoms with Gasteiger partial charge in [-0.15, -0.1) is 0 Å². The predicted octanol–water partition coefficient (Wildman–Crippen LogP) is 3.86. The first-order valence-corrected chi connectivity index (χ1v) is 9.34. The highest BCUT2D eigenvalue weighted by Gasteiger charge is 2.36. The molecule has 3 aliphatic rings. The van der Waals surface area contributed by atoms with Crippen molar-refractivity contribution in [1.82, 2.24) is 10.6 Å². The van der Waals surface area contributed by atoms with Crippen LogP contribution in [0.25, 0.3) is 0 Å². The van der Waals surface area contributed by atoms with E-state index in [0.717, 1.165) is 30.0 Å². The van der Waals surface area contributed by atoms with Crippen LogP contribution in [0.15, 0.2) is 0 Å². The molecule has 1 saturated heterocycles.